The first kappa shape index (κ1) is 8.91. The first-order valence-corrected chi connectivity index (χ1v) is 5.68. The Balaban J connectivity index is 2.34. The number of carbonyl (C=O) groups excluding carboxylic acids is 1. The third-order valence-electron chi connectivity index (χ3n) is 2.59. The molecular formula is C8H9Br2NO. The van der Waals surface area contributed by atoms with Crippen LogP contribution in [0.4, 0.5) is 0 Å². The van der Waals surface area contributed by atoms with Crippen molar-refractivity contribution in [3.05, 3.63) is 12.2 Å². The fraction of sp³-hybridized carbons (Fsp3) is 0.625. The number of piperidine rings is 1. The molecule has 0 amide bonds. The SMILES string of the molecule is CN1[C@@H]2C=C[C@H]1C(Br)C(=O)C2Br. The molecule has 0 aromatic rings. The molecule has 1 saturated heterocycles. The number of hydrogen-bond donors (Lipinski definition) is 0. The molecule has 0 saturated carbocycles. The Bertz CT molecular complexity index is 231. The van der Waals surface area contributed by atoms with E-state index < -0.39 is 0 Å². The number of nitrogens with zero attached hydrogens (tertiary/aromatic N) is 1. The minimum atomic E-state index is -0.0538. The fourth-order valence-electron chi connectivity index (χ4n) is 1.79. The van der Waals surface area contributed by atoms with Gasteiger partial charge < -0.3 is 0 Å². The van der Waals surface area contributed by atoms with Gasteiger partial charge in [-0.05, 0) is 7.05 Å². The van der Waals surface area contributed by atoms with E-state index in [4.69, 9.17) is 0 Å². The van der Waals surface area contributed by atoms with Crippen LogP contribution >= 0.6 is 31.9 Å². The van der Waals surface area contributed by atoms with Crippen molar-refractivity contribution < 1.29 is 4.79 Å². The van der Waals surface area contributed by atoms with Gasteiger partial charge in [-0.2, -0.15) is 0 Å². The predicted octanol–water partition coefficient (Wildman–Crippen LogP) is 1.33. The first-order valence-electron chi connectivity index (χ1n) is 3.85. The van der Waals surface area contributed by atoms with Crippen LogP contribution in [0.5, 0.6) is 0 Å². The number of rotatable bonds is 0. The summed E-state index contributed by atoms with van der Waals surface area (Å²) in [5.74, 6) is 0.258. The average Bonchev–Trinajstić information content (AvgIpc) is 2.38. The number of ketones is 1. The molecule has 2 rings (SSSR count). The molecule has 12 heavy (non-hydrogen) atoms. The highest BCUT2D eigenvalue weighted by molar-refractivity contribution is 9.10. The molecule has 0 aromatic heterocycles. The van der Waals surface area contributed by atoms with E-state index in [1.54, 1.807) is 0 Å². The Morgan fingerprint density at radius 2 is 1.67 bits per heavy atom. The van der Waals surface area contributed by atoms with Crippen molar-refractivity contribution in [1.82, 2.24) is 4.90 Å². The van der Waals surface area contributed by atoms with Gasteiger partial charge in [0.05, 0.1) is 9.65 Å². The Morgan fingerprint density at radius 3 is 2.08 bits per heavy atom. The second-order valence-electron chi connectivity index (χ2n) is 3.24. The monoisotopic (exact) mass is 293 g/mol. The number of carbonyl (C=O) groups is 1. The zero-order chi connectivity index (χ0) is 8.88. The van der Waals surface area contributed by atoms with Crippen molar-refractivity contribution in [2.24, 2.45) is 0 Å². The van der Waals surface area contributed by atoms with Gasteiger partial charge in [-0.3, -0.25) is 9.69 Å². The van der Waals surface area contributed by atoms with Gasteiger partial charge in [0.1, 0.15) is 0 Å². The number of likely N-dealkylation sites (N-methyl/N-ethyl adjacent to an activating group) is 1. The summed E-state index contributed by atoms with van der Waals surface area (Å²) in [4.78, 5) is 13.7. The first-order chi connectivity index (χ1) is 5.63. The molecule has 4 atom stereocenters. The van der Waals surface area contributed by atoms with E-state index >= 15 is 0 Å². The van der Waals surface area contributed by atoms with Crippen LogP contribution in [0.1, 0.15) is 0 Å². The molecule has 0 N–H and O–H groups in total. The second kappa shape index (κ2) is 2.93. The second-order valence-corrected chi connectivity index (χ2v) is 5.21. The van der Waals surface area contributed by atoms with Crippen molar-refractivity contribution in [2.75, 3.05) is 7.05 Å². The highest BCUT2D eigenvalue weighted by Crippen LogP contribution is 2.34. The van der Waals surface area contributed by atoms with Crippen molar-refractivity contribution >= 4 is 37.6 Å². The highest BCUT2D eigenvalue weighted by Gasteiger charge is 2.46. The van der Waals surface area contributed by atoms with E-state index in [1.165, 1.54) is 0 Å². The van der Waals surface area contributed by atoms with Gasteiger partial charge in [0.2, 0.25) is 0 Å². The van der Waals surface area contributed by atoms with Gasteiger partial charge >= 0.3 is 0 Å². The quantitative estimate of drug-likeness (QED) is 0.496. The molecule has 1 fully saturated rings. The van der Waals surface area contributed by atoms with E-state index in [0.29, 0.717) is 0 Å². The standard InChI is InChI=1S/C8H9Br2NO/c1-11-4-2-3-5(11)7(10)8(12)6(4)9/h2-7H,1H3/t4-,5+,6?,7?. The summed E-state index contributed by atoms with van der Waals surface area (Å²) in [5.41, 5.74) is 0. The largest absolute Gasteiger partial charge is 0.297 e. The molecule has 0 spiro atoms. The van der Waals surface area contributed by atoms with Crippen LogP contribution in [0.15, 0.2) is 12.2 Å². The molecule has 2 aliphatic heterocycles. The minimum Gasteiger partial charge on any atom is -0.297 e. The topological polar surface area (TPSA) is 20.3 Å². The Labute approximate surface area is 88.2 Å². The van der Waals surface area contributed by atoms with Crippen molar-refractivity contribution in [2.45, 2.75) is 21.7 Å². The number of alkyl halides is 2. The molecule has 4 heteroatoms. The molecule has 2 heterocycles. The van der Waals surface area contributed by atoms with E-state index in [1.807, 2.05) is 7.05 Å². The van der Waals surface area contributed by atoms with Gasteiger partial charge in [0.15, 0.2) is 5.78 Å². The van der Waals surface area contributed by atoms with Gasteiger partial charge in [-0.1, -0.05) is 44.0 Å². The number of Topliss-reactive ketones (excluding diaryl/α,β-unsaturated/α-hetero) is 1. The lowest BCUT2D eigenvalue weighted by Gasteiger charge is -2.37. The summed E-state index contributed by atoms with van der Waals surface area (Å²) in [6, 6.07) is 0.493. The molecule has 2 aliphatic rings. The summed E-state index contributed by atoms with van der Waals surface area (Å²) < 4.78 is 0. The van der Waals surface area contributed by atoms with Crippen molar-refractivity contribution in [3.63, 3.8) is 0 Å². The molecule has 0 aliphatic carbocycles. The van der Waals surface area contributed by atoms with Crippen molar-refractivity contribution in [1.29, 1.82) is 0 Å². The van der Waals surface area contributed by atoms with E-state index in [0.717, 1.165) is 0 Å². The lowest BCUT2D eigenvalue weighted by atomic mass is 10.0. The van der Waals surface area contributed by atoms with E-state index in [-0.39, 0.29) is 27.5 Å². The Kier molecular flexibility index (Phi) is 2.17. The molecule has 2 bridgehead atoms. The third-order valence-corrected chi connectivity index (χ3v) is 4.58. The summed E-state index contributed by atoms with van der Waals surface area (Å²) in [5, 5.41) is 0. The van der Waals surface area contributed by atoms with Gasteiger partial charge in [-0.25, -0.2) is 0 Å². The zero-order valence-electron chi connectivity index (χ0n) is 6.58. The summed E-state index contributed by atoms with van der Waals surface area (Å²) >= 11 is 6.83. The summed E-state index contributed by atoms with van der Waals surface area (Å²) in [6.45, 7) is 0. The summed E-state index contributed by atoms with van der Waals surface area (Å²) in [7, 11) is 2.05. The predicted molar refractivity (Wildman–Crippen MR) is 54.9 cm³/mol. The number of fused-ring (bicyclic) bond motifs is 2. The smallest absolute Gasteiger partial charge is 0.163 e. The lowest BCUT2D eigenvalue weighted by molar-refractivity contribution is -0.121. The van der Waals surface area contributed by atoms with Gasteiger partial charge in [0, 0.05) is 12.1 Å². The fourth-order valence-corrected chi connectivity index (χ4v) is 3.82. The van der Waals surface area contributed by atoms with Crippen LogP contribution < -0.4 is 0 Å². The maximum atomic E-state index is 11.6. The number of hydrogen-bond acceptors (Lipinski definition) is 2. The van der Waals surface area contributed by atoms with Crippen LogP contribution in [0, 0.1) is 0 Å². The molecule has 66 valence electrons. The Hall–Kier alpha value is 0.330. The Morgan fingerprint density at radius 1 is 1.25 bits per heavy atom. The van der Waals surface area contributed by atoms with Crippen molar-refractivity contribution in [3.8, 4) is 0 Å². The van der Waals surface area contributed by atoms with Crippen LogP contribution in [-0.2, 0) is 4.79 Å². The highest BCUT2D eigenvalue weighted by atomic mass is 79.9. The van der Waals surface area contributed by atoms with Gasteiger partial charge in [0.25, 0.3) is 0 Å². The lowest BCUT2D eigenvalue weighted by Crippen LogP contribution is -2.54. The normalized spacial score (nSPS) is 47.1. The molecule has 0 aromatic carbocycles. The van der Waals surface area contributed by atoms with Gasteiger partial charge in [-0.15, -0.1) is 0 Å². The van der Waals surface area contributed by atoms with E-state index in [9.17, 15) is 4.79 Å². The maximum absolute atomic E-state index is 11.6. The number of halogens is 2. The minimum absolute atomic E-state index is 0.0538. The molecule has 2 nitrogen and oxygen atoms in total. The maximum Gasteiger partial charge on any atom is 0.163 e. The molecule has 0 radical (unpaired) electrons. The average molecular weight is 295 g/mol. The molecule has 2 unspecified atom stereocenters. The summed E-state index contributed by atoms with van der Waals surface area (Å²) in [6.07, 6.45) is 4.20. The third kappa shape index (κ3) is 1.05. The van der Waals surface area contributed by atoms with Crippen LogP contribution in [0.2, 0.25) is 0 Å². The van der Waals surface area contributed by atoms with Crippen LogP contribution in [-0.4, -0.2) is 39.5 Å². The van der Waals surface area contributed by atoms with Crippen LogP contribution in [0.3, 0.4) is 0 Å². The van der Waals surface area contributed by atoms with E-state index in [2.05, 4.69) is 48.9 Å². The molecular weight excluding hydrogens is 286 g/mol. The zero-order valence-corrected chi connectivity index (χ0v) is 9.75. The van der Waals surface area contributed by atoms with Crippen LogP contribution in [0.25, 0.3) is 0 Å².